The molecule has 0 bridgehead atoms. The molecule has 37 heavy (non-hydrogen) atoms. The molecule has 1 aromatic heterocycles. The molecule has 1 unspecified atom stereocenters. The van der Waals surface area contributed by atoms with Crippen molar-refractivity contribution >= 4 is 22.8 Å². The van der Waals surface area contributed by atoms with Crippen LogP contribution >= 0.6 is 0 Å². The van der Waals surface area contributed by atoms with Crippen molar-refractivity contribution in [2.45, 2.75) is 63.6 Å². The zero-order valence-corrected chi connectivity index (χ0v) is 21.7. The number of aliphatic hydroxyl groups excluding tert-OH is 1. The summed E-state index contributed by atoms with van der Waals surface area (Å²) in [6.07, 6.45) is 9.69. The summed E-state index contributed by atoms with van der Waals surface area (Å²) in [5.74, 6) is 0.645. The number of nitrogens with one attached hydrogen (secondary N) is 1. The van der Waals surface area contributed by atoms with Gasteiger partial charge in [-0.2, -0.15) is 0 Å². The highest BCUT2D eigenvalue weighted by molar-refractivity contribution is 6.08. The van der Waals surface area contributed by atoms with Crippen molar-refractivity contribution in [1.29, 1.82) is 0 Å². The normalized spacial score (nSPS) is 28.0. The summed E-state index contributed by atoms with van der Waals surface area (Å²) in [7, 11) is 0. The lowest BCUT2D eigenvalue weighted by molar-refractivity contribution is -0.133. The lowest BCUT2D eigenvalue weighted by Crippen LogP contribution is -2.53. The Bertz CT molecular complexity index is 1290. The second-order valence-corrected chi connectivity index (χ2v) is 10.9. The van der Waals surface area contributed by atoms with Crippen LogP contribution in [0.25, 0.3) is 10.9 Å². The fourth-order valence-corrected chi connectivity index (χ4v) is 6.59. The molecule has 6 rings (SSSR count). The summed E-state index contributed by atoms with van der Waals surface area (Å²) in [5.41, 5.74) is 2.72. The fraction of sp³-hybridized carbons (Fsp3) is 0.517. The van der Waals surface area contributed by atoms with Gasteiger partial charge in [0.05, 0.1) is 12.7 Å². The number of fused-ring (bicyclic) bond motifs is 4. The quantitative estimate of drug-likeness (QED) is 0.582. The molecule has 4 aliphatic rings. The Hall–Kier alpha value is -3.10. The van der Waals surface area contributed by atoms with Crippen LogP contribution in [0.3, 0.4) is 0 Å². The molecule has 0 saturated carbocycles. The monoisotopic (exact) mass is 504 g/mol. The molecule has 2 fully saturated rings. The summed E-state index contributed by atoms with van der Waals surface area (Å²) in [4.78, 5) is 37.1. The average molecular weight is 505 g/mol. The van der Waals surface area contributed by atoms with E-state index in [4.69, 9.17) is 4.74 Å². The minimum atomic E-state index is -1.01. The number of carbonyl (C=O) groups excluding carboxylic acids is 2. The molecule has 4 heterocycles. The van der Waals surface area contributed by atoms with Gasteiger partial charge in [-0.25, -0.2) is 4.79 Å². The molecule has 2 N–H and O–H groups in total. The van der Waals surface area contributed by atoms with Crippen molar-refractivity contribution in [3.05, 3.63) is 53.3 Å². The van der Waals surface area contributed by atoms with Crippen LogP contribution in [0, 0.1) is 0 Å². The van der Waals surface area contributed by atoms with Crippen molar-refractivity contribution in [3.8, 4) is 5.75 Å². The number of piperidine rings is 1. The lowest BCUT2D eigenvalue weighted by Gasteiger charge is -2.43. The third kappa shape index (κ3) is 3.97. The number of rotatable bonds is 6. The summed E-state index contributed by atoms with van der Waals surface area (Å²) in [5, 5.41) is 11.5. The first-order valence-corrected chi connectivity index (χ1v) is 13.6. The highest BCUT2D eigenvalue weighted by Crippen LogP contribution is 2.49. The number of hydrogen-bond acceptors (Lipinski definition) is 5. The summed E-state index contributed by atoms with van der Waals surface area (Å²) in [6.45, 7) is 7.58. The van der Waals surface area contributed by atoms with Crippen molar-refractivity contribution in [1.82, 2.24) is 19.7 Å². The van der Waals surface area contributed by atoms with E-state index >= 15 is 0 Å². The highest BCUT2D eigenvalue weighted by Gasteiger charge is 2.60. The molecule has 3 aliphatic heterocycles. The maximum absolute atomic E-state index is 14.0. The second-order valence-electron chi connectivity index (χ2n) is 10.9. The van der Waals surface area contributed by atoms with Crippen LogP contribution in [0.1, 0.15) is 56.8 Å². The Kier molecular flexibility index (Phi) is 6.12. The van der Waals surface area contributed by atoms with Crippen LogP contribution in [0.5, 0.6) is 5.75 Å². The number of aliphatic hydroxyl groups is 1. The van der Waals surface area contributed by atoms with Crippen LogP contribution in [0.15, 0.2) is 42.0 Å². The van der Waals surface area contributed by atoms with Gasteiger partial charge in [0, 0.05) is 36.1 Å². The number of nitrogens with zero attached hydrogens (tertiary/aromatic N) is 3. The number of urea groups is 1. The number of aromatic nitrogens is 1. The second kappa shape index (κ2) is 9.33. The zero-order valence-electron chi connectivity index (χ0n) is 21.7. The van der Waals surface area contributed by atoms with Gasteiger partial charge in [-0.05, 0) is 75.5 Å². The van der Waals surface area contributed by atoms with Gasteiger partial charge in [0.1, 0.15) is 17.3 Å². The van der Waals surface area contributed by atoms with Crippen molar-refractivity contribution in [2.75, 3.05) is 32.8 Å². The van der Waals surface area contributed by atoms with Gasteiger partial charge in [-0.15, -0.1) is 0 Å². The van der Waals surface area contributed by atoms with Crippen LogP contribution in [0.2, 0.25) is 0 Å². The van der Waals surface area contributed by atoms with E-state index < -0.39 is 17.7 Å². The molecule has 0 spiro atoms. The number of benzene rings is 1. The topological polar surface area (TPSA) is 89.1 Å². The van der Waals surface area contributed by atoms with E-state index in [-0.39, 0.29) is 11.9 Å². The van der Waals surface area contributed by atoms with Gasteiger partial charge >= 0.3 is 6.03 Å². The van der Waals surface area contributed by atoms with E-state index in [0.717, 1.165) is 46.6 Å². The standard InChI is InChI=1S/C29H36N4O4/c1-3-37-21-10-11-24-22(17-21)23-18-29(2)27(35)32(15-14-31-12-5-4-6-13-31)28(36)33(29)26(25(23)30-24)19-8-7-9-20(34)16-19/h7-8,10-11,16-17,20,26,30,34H,3-6,9,12-15,18H2,1-2H3/t20?,26-,29+/m1/s1. The third-order valence-electron chi connectivity index (χ3n) is 8.43. The first-order chi connectivity index (χ1) is 17.9. The smallest absolute Gasteiger partial charge is 0.328 e. The maximum atomic E-state index is 14.0. The van der Waals surface area contributed by atoms with Crippen LogP contribution < -0.4 is 4.74 Å². The van der Waals surface area contributed by atoms with Crippen LogP contribution in [-0.4, -0.2) is 81.2 Å². The van der Waals surface area contributed by atoms with Gasteiger partial charge in [0.25, 0.3) is 5.91 Å². The summed E-state index contributed by atoms with van der Waals surface area (Å²) in [6, 6.07) is 5.23. The van der Waals surface area contributed by atoms with E-state index in [1.165, 1.54) is 24.2 Å². The van der Waals surface area contributed by atoms with E-state index in [1.807, 2.05) is 50.3 Å². The molecular weight excluding hydrogens is 468 g/mol. The molecule has 8 heteroatoms. The third-order valence-corrected chi connectivity index (χ3v) is 8.43. The van der Waals surface area contributed by atoms with Crippen LogP contribution in [-0.2, 0) is 11.2 Å². The number of amides is 3. The Morgan fingerprint density at radius 1 is 1.16 bits per heavy atom. The number of hydrogen-bond donors (Lipinski definition) is 2. The molecule has 2 aromatic rings. The number of carbonyl (C=O) groups is 2. The average Bonchev–Trinajstić information content (AvgIpc) is 3.33. The Morgan fingerprint density at radius 3 is 2.73 bits per heavy atom. The molecule has 2 saturated heterocycles. The lowest BCUT2D eigenvalue weighted by atomic mass is 9.80. The predicted octanol–water partition coefficient (Wildman–Crippen LogP) is 3.92. The van der Waals surface area contributed by atoms with E-state index in [1.54, 1.807) is 4.90 Å². The Labute approximate surface area is 217 Å². The van der Waals surface area contributed by atoms with Gasteiger partial charge in [0.15, 0.2) is 0 Å². The van der Waals surface area contributed by atoms with E-state index in [9.17, 15) is 14.7 Å². The van der Waals surface area contributed by atoms with Gasteiger partial charge in [0.2, 0.25) is 0 Å². The van der Waals surface area contributed by atoms with Gasteiger partial charge in [-0.1, -0.05) is 24.6 Å². The summed E-state index contributed by atoms with van der Waals surface area (Å²) < 4.78 is 5.77. The zero-order chi connectivity index (χ0) is 25.7. The van der Waals surface area contributed by atoms with Crippen molar-refractivity contribution in [3.63, 3.8) is 0 Å². The van der Waals surface area contributed by atoms with Gasteiger partial charge in [-0.3, -0.25) is 14.6 Å². The first kappa shape index (κ1) is 24.2. The predicted molar refractivity (Wildman–Crippen MR) is 141 cm³/mol. The fourth-order valence-electron chi connectivity index (χ4n) is 6.59. The SMILES string of the molecule is CCOc1ccc2[nH]c3c(c2c1)C[C@@]1(C)C(=O)N(CCN2CCCCC2)C(=O)N1[C@@H]3C1=CC(O)CC=C1. The van der Waals surface area contributed by atoms with Gasteiger partial charge < -0.3 is 19.7 Å². The molecule has 0 radical (unpaired) electrons. The first-order valence-electron chi connectivity index (χ1n) is 13.6. The molecule has 1 aliphatic carbocycles. The number of ether oxygens (including phenoxy) is 1. The number of H-pyrrole nitrogens is 1. The van der Waals surface area contributed by atoms with Crippen LogP contribution in [0.4, 0.5) is 4.79 Å². The molecule has 196 valence electrons. The Morgan fingerprint density at radius 2 is 1.97 bits per heavy atom. The number of imide groups is 1. The number of likely N-dealkylation sites (tertiary alicyclic amines) is 1. The van der Waals surface area contributed by atoms with E-state index in [2.05, 4.69) is 9.88 Å². The molecule has 3 atom stereocenters. The number of aromatic amines is 1. The van der Waals surface area contributed by atoms with Crippen molar-refractivity contribution in [2.24, 2.45) is 0 Å². The summed E-state index contributed by atoms with van der Waals surface area (Å²) >= 11 is 0. The minimum Gasteiger partial charge on any atom is -0.494 e. The highest BCUT2D eigenvalue weighted by atomic mass is 16.5. The largest absolute Gasteiger partial charge is 0.494 e. The Balaban J connectivity index is 1.42. The molecule has 3 amide bonds. The molecule has 8 nitrogen and oxygen atoms in total. The van der Waals surface area contributed by atoms with E-state index in [0.29, 0.717) is 32.5 Å². The molecule has 1 aromatic carbocycles. The maximum Gasteiger partial charge on any atom is 0.328 e. The van der Waals surface area contributed by atoms with Crippen molar-refractivity contribution < 1.29 is 19.4 Å². The molecular formula is C29H36N4O4. The minimum absolute atomic E-state index is 0.138.